The number of rotatable bonds is 4. The lowest BCUT2D eigenvalue weighted by molar-refractivity contribution is -0.591. The molecule has 0 aromatic heterocycles. The highest BCUT2D eigenvalue weighted by atomic mass is 16.6. The van der Waals surface area contributed by atoms with Crippen molar-refractivity contribution in [2.75, 3.05) is 0 Å². The lowest BCUT2D eigenvalue weighted by Gasteiger charge is -2.04. The maximum Gasteiger partial charge on any atom is 0.303 e. The van der Waals surface area contributed by atoms with E-state index in [9.17, 15) is 10.0 Å². The van der Waals surface area contributed by atoms with Gasteiger partial charge < -0.3 is 15.5 Å². The summed E-state index contributed by atoms with van der Waals surface area (Å²) in [6.07, 6.45) is -1.38. The highest BCUT2D eigenvalue weighted by Gasteiger charge is 2.13. The summed E-state index contributed by atoms with van der Waals surface area (Å²) in [4.78, 5) is 9.80. The molecule has 0 aromatic rings. The predicted molar refractivity (Wildman–Crippen MR) is 32.7 cm³/mol. The number of carbonyl (C=O) groups is 1. The summed E-state index contributed by atoms with van der Waals surface area (Å²) in [5.74, 6) is -1.05. The van der Waals surface area contributed by atoms with E-state index in [1.807, 2.05) is 0 Å². The maximum absolute atomic E-state index is 10.3. The van der Waals surface area contributed by atoms with Crippen molar-refractivity contribution in [1.82, 2.24) is 0 Å². The van der Waals surface area contributed by atoms with Crippen LogP contribution in [0.2, 0.25) is 0 Å². The van der Waals surface area contributed by atoms with Crippen molar-refractivity contribution in [3.05, 3.63) is 5.21 Å². The van der Waals surface area contributed by atoms with Crippen LogP contribution in [0, 0.1) is 5.21 Å². The molecule has 0 aliphatic rings. The molecule has 0 aliphatic heterocycles. The summed E-state index contributed by atoms with van der Waals surface area (Å²) in [6.45, 7) is 0. The van der Waals surface area contributed by atoms with E-state index in [0.29, 0.717) is 0 Å². The molecule has 0 aliphatic carbocycles. The van der Waals surface area contributed by atoms with Crippen molar-refractivity contribution < 1.29 is 20.0 Å². The monoisotopic (exact) mass is 163 g/mol. The SMILES string of the molecule is NC(CCC(=O)O)[N+]([O-])=NO. The van der Waals surface area contributed by atoms with Crippen LogP contribution in [0.5, 0.6) is 0 Å². The Morgan fingerprint density at radius 2 is 2.36 bits per heavy atom. The fourth-order valence-corrected chi connectivity index (χ4v) is 0.448. The summed E-state index contributed by atoms with van der Waals surface area (Å²) in [6, 6.07) is 0. The van der Waals surface area contributed by atoms with E-state index in [-0.39, 0.29) is 17.7 Å². The van der Waals surface area contributed by atoms with Gasteiger partial charge in [-0.2, -0.15) is 0 Å². The van der Waals surface area contributed by atoms with Crippen LogP contribution in [0.4, 0.5) is 0 Å². The van der Waals surface area contributed by atoms with Crippen LogP contribution in [0.25, 0.3) is 0 Å². The van der Waals surface area contributed by atoms with Gasteiger partial charge in [-0.25, -0.2) is 0 Å². The molecule has 11 heavy (non-hydrogen) atoms. The zero-order valence-corrected chi connectivity index (χ0v) is 5.67. The van der Waals surface area contributed by atoms with Gasteiger partial charge in [0.2, 0.25) is 6.17 Å². The molecule has 0 heterocycles. The van der Waals surface area contributed by atoms with Gasteiger partial charge in [0.05, 0.1) is 6.42 Å². The van der Waals surface area contributed by atoms with Crippen molar-refractivity contribution in [3.63, 3.8) is 0 Å². The van der Waals surface area contributed by atoms with Crippen molar-refractivity contribution >= 4 is 5.97 Å². The van der Waals surface area contributed by atoms with E-state index in [2.05, 4.69) is 5.28 Å². The molecule has 0 aromatic carbocycles. The third-order valence-corrected chi connectivity index (χ3v) is 1.03. The average Bonchev–Trinajstić information content (AvgIpc) is 1.98. The topological polar surface area (TPSA) is 122 Å². The van der Waals surface area contributed by atoms with E-state index >= 15 is 0 Å². The molecule has 0 saturated heterocycles. The zero-order valence-electron chi connectivity index (χ0n) is 5.67. The first-order valence-electron chi connectivity index (χ1n) is 2.86. The third-order valence-electron chi connectivity index (χ3n) is 1.03. The van der Waals surface area contributed by atoms with E-state index in [1.165, 1.54) is 0 Å². The van der Waals surface area contributed by atoms with Crippen molar-refractivity contribution in [1.29, 1.82) is 0 Å². The Balaban J connectivity index is 3.69. The van der Waals surface area contributed by atoms with Gasteiger partial charge in [0.1, 0.15) is 0 Å². The minimum absolute atomic E-state index is 0.0527. The molecular formula is C4H9N3O4. The number of aliphatic carboxylic acids is 1. The second-order valence-electron chi connectivity index (χ2n) is 1.89. The largest absolute Gasteiger partial charge is 0.596 e. The lowest BCUT2D eigenvalue weighted by Crippen LogP contribution is -2.30. The van der Waals surface area contributed by atoms with Crippen LogP contribution in [-0.2, 0) is 4.79 Å². The smallest absolute Gasteiger partial charge is 0.303 e. The van der Waals surface area contributed by atoms with E-state index < -0.39 is 12.1 Å². The molecule has 7 heteroatoms. The van der Waals surface area contributed by atoms with Gasteiger partial charge in [-0.1, -0.05) is 0 Å². The number of nitrogens with zero attached hydrogens (tertiary/aromatic N) is 2. The Bertz CT molecular complexity index is 169. The molecule has 0 spiro atoms. The first-order valence-corrected chi connectivity index (χ1v) is 2.86. The van der Waals surface area contributed by atoms with Crippen LogP contribution in [0.1, 0.15) is 12.8 Å². The molecule has 0 amide bonds. The Morgan fingerprint density at radius 1 is 1.82 bits per heavy atom. The zero-order chi connectivity index (χ0) is 8.85. The van der Waals surface area contributed by atoms with Gasteiger partial charge in [0.15, 0.2) is 5.28 Å². The Kier molecular flexibility index (Phi) is 3.89. The number of hydrogen-bond acceptors (Lipinski definition) is 4. The Morgan fingerprint density at radius 3 is 2.73 bits per heavy atom. The molecule has 1 atom stereocenters. The summed E-state index contributed by atoms with van der Waals surface area (Å²) in [5, 5.41) is 28.6. The van der Waals surface area contributed by atoms with Crippen LogP contribution in [-0.4, -0.2) is 27.3 Å². The highest BCUT2D eigenvalue weighted by Crippen LogP contribution is 1.95. The third kappa shape index (κ3) is 4.09. The second-order valence-corrected chi connectivity index (χ2v) is 1.89. The molecule has 64 valence electrons. The Hall–Kier alpha value is -1.37. The van der Waals surface area contributed by atoms with Gasteiger partial charge in [-0.15, -0.1) is 0 Å². The number of nitrogens with two attached hydrogens (primary N) is 1. The van der Waals surface area contributed by atoms with Gasteiger partial charge >= 0.3 is 5.97 Å². The highest BCUT2D eigenvalue weighted by molar-refractivity contribution is 5.66. The molecule has 1 unspecified atom stereocenters. The van der Waals surface area contributed by atoms with Gasteiger partial charge in [0.25, 0.3) is 0 Å². The van der Waals surface area contributed by atoms with Crippen LogP contribution in [0.3, 0.4) is 0 Å². The molecule has 0 saturated carbocycles. The second kappa shape index (κ2) is 4.45. The summed E-state index contributed by atoms with van der Waals surface area (Å²) in [5.41, 5.74) is 5.07. The summed E-state index contributed by atoms with van der Waals surface area (Å²) < 4.78 is 0. The van der Waals surface area contributed by atoms with Crippen molar-refractivity contribution in [3.8, 4) is 0 Å². The van der Waals surface area contributed by atoms with Gasteiger partial charge in [-0.3, -0.25) is 10.5 Å². The molecule has 7 nitrogen and oxygen atoms in total. The fraction of sp³-hybridized carbons (Fsp3) is 0.750. The quantitative estimate of drug-likeness (QED) is 0.223. The number of hydrogen-bond donors (Lipinski definition) is 3. The average molecular weight is 163 g/mol. The van der Waals surface area contributed by atoms with Crippen LogP contribution >= 0.6 is 0 Å². The molecular weight excluding hydrogens is 154 g/mol. The predicted octanol–water partition coefficient (Wildman–Crippen LogP) is -0.512. The summed E-state index contributed by atoms with van der Waals surface area (Å²) in [7, 11) is 0. The van der Waals surface area contributed by atoms with Crippen LogP contribution in [0.15, 0.2) is 5.28 Å². The van der Waals surface area contributed by atoms with Gasteiger partial charge in [0, 0.05) is 6.42 Å². The molecule has 0 rings (SSSR count). The van der Waals surface area contributed by atoms with E-state index in [1.54, 1.807) is 0 Å². The van der Waals surface area contributed by atoms with Crippen molar-refractivity contribution in [2.45, 2.75) is 19.0 Å². The van der Waals surface area contributed by atoms with E-state index in [4.69, 9.17) is 16.0 Å². The minimum atomic E-state index is -1.10. The summed E-state index contributed by atoms with van der Waals surface area (Å²) >= 11 is 0. The molecule has 0 radical (unpaired) electrons. The van der Waals surface area contributed by atoms with E-state index in [0.717, 1.165) is 0 Å². The number of carboxylic acids is 1. The fourth-order valence-electron chi connectivity index (χ4n) is 0.448. The molecule has 0 bridgehead atoms. The number of carboxylic acid groups (broad SMARTS) is 1. The van der Waals surface area contributed by atoms with Gasteiger partial charge in [-0.05, 0) is 4.86 Å². The lowest BCUT2D eigenvalue weighted by atomic mass is 10.3. The number of hydroxylamine groups is 1. The van der Waals surface area contributed by atoms with Crippen molar-refractivity contribution in [2.24, 2.45) is 11.0 Å². The standard InChI is InChI=1S/C4H9N3O4/c5-3(7(11)6-10)1-2-4(8)9/h3,10H,1-2,5H2,(H,8,9). The molecule has 0 fully saturated rings. The molecule has 4 N–H and O–H groups in total. The van der Waals surface area contributed by atoms with Crippen LogP contribution < -0.4 is 5.73 Å². The maximum atomic E-state index is 10.3. The Labute approximate surface area is 62.3 Å². The minimum Gasteiger partial charge on any atom is -0.596 e. The first-order chi connectivity index (χ1) is 5.07. The normalized spacial score (nSPS) is 14.5. The first kappa shape index (κ1) is 9.63.